The van der Waals surface area contributed by atoms with Gasteiger partial charge in [-0.15, -0.1) is 0 Å². The fourth-order valence-electron chi connectivity index (χ4n) is 1.40. The van der Waals surface area contributed by atoms with E-state index in [1.807, 2.05) is 40.0 Å². The van der Waals surface area contributed by atoms with Crippen molar-refractivity contribution < 1.29 is 0 Å². The monoisotopic (exact) mass is 236 g/mol. The molecule has 0 aliphatic rings. The number of nitrogens with two attached hydrogens (primary N) is 2. The molecule has 0 aromatic heterocycles. The van der Waals surface area contributed by atoms with Crippen molar-refractivity contribution in [2.75, 3.05) is 7.05 Å². The molecule has 0 saturated carbocycles. The van der Waals surface area contributed by atoms with Crippen molar-refractivity contribution in [3.05, 3.63) is 34.7 Å². The molecule has 0 fully saturated rings. The molecule has 0 rings (SSSR count). The van der Waals surface area contributed by atoms with Crippen LogP contribution < -0.4 is 16.8 Å². The molecule has 0 saturated heterocycles. The van der Waals surface area contributed by atoms with E-state index in [2.05, 4.69) is 5.32 Å². The highest BCUT2D eigenvalue weighted by molar-refractivity contribution is 5.76. The van der Waals surface area contributed by atoms with E-state index in [1.165, 1.54) is 6.21 Å². The highest BCUT2D eigenvalue weighted by atomic mass is 14.9. The summed E-state index contributed by atoms with van der Waals surface area (Å²) in [5.41, 5.74) is 15.2. The van der Waals surface area contributed by atoms with E-state index in [4.69, 9.17) is 16.9 Å². The predicted molar refractivity (Wildman–Crippen MR) is 74.8 cm³/mol. The van der Waals surface area contributed by atoms with Gasteiger partial charge in [0.25, 0.3) is 0 Å². The summed E-state index contributed by atoms with van der Waals surface area (Å²) in [6.07, 6.45) is 5.75. The average Bonchev–Trinajstić information content (AvgIpc) is 2.31. The molecular weight excluding hydrogens is 212 g/mol. The smallest absolute Gasteiger partial charge is 0.0439 e. The maximum Gasteiger partial charge on any atom is 0.0439 e. The SMILES string of the molecule is C/C=C(\C=N)CC(/C=C(\C)N)=C(\N)C(C)NC. The maximum atomic E-state index is 7.30. The Bertz CT molecular complexity index is 346. The van der Waals surface area contributed by atoms with Crippen molar-refractivity contribution in [1.82, 2.24) is 5.32 Å². The quantitative estimate of drug-likeness (QED) is 0.418. The van der Waals surface area contributed by atoms with Gasteiger partial charge in [-0.3, -0.25) is 0 Å². The summed E-state index contributed by atoms with van der Waals surface area (Å²) in [7, 11) is 1.86. The number of hydrogen-bond donors (Lipinski definition) is 4. The molecule has 96 valence electrons. The number of likely N-dealkylation sites (N-methyl/N-ethyl adjacent to an activating group) is 1. The van der Waals surface area contributed by atoms with Crippen LogP contribution in [0.3, 0.4) is 0 Å². The van der Waals surface area contributed by atoms with E-state index in [-0.39, 0.29) is 6.04 Å². The van der Waals surface area contributed by atoms with E-state index < -0.39 is 0 Å². The maximum absolute atomic E-state index is 7.30. The third-order valence-electron chi connectivity index (χ3n) is 2.62. The molecule has 0 aromatic carbocycles. The summed E-state index contributed by atoms with van der Waals surface area (Å²) >= 11 is 0. The van der Waals surface area contributed by atoms with Crippen LogP contribution in [0.2, 0.25) is 0 Å². The van der Waals surface area contributed by atoms with Gasteiger partial charge in [0.15, 0.2) is 0 Å². The first kappa shape index (κ1) is 15.4. The lowest BCUT2D eigenvalue weighted by Crippen LogP contribution is -2.29. The molecule has 0 heterocycles. The van der Waals surface area contributed by atoms with Crippen LogP contribution >= 0.6 is 0 Å². The molecule has 0 bridgehead atoms. The number of hydrogen-bond acceptors (Lipinski definition) is 4. The van der Waals surface area contributed by atoms with E-state index in [1.54, 1.807) is 0 Å². The summed E-state index contributed by atoms with van der Waals surface area (Å²) < 4.78 is 0. The summed E-state index contributed by atoms with van der Waals surface area (Å²) in [4.78, 5) is 0. The van der Waals surface area contributed by atoms with Crippen molar-refractivity contribution in [1.29, 1.82) is 5.41 Å². The van der Waals surface area contributed by atoms with Crippen molar-refractivity contribution in [3.63, 3.8) is 0 Å². The molecule has 1 atom stereocenters. The fourth-order valence-corrected chi connectivity index (χ4v) is 1.40. The van der Waals surface area contributed by atoms with Gasteiger partial charge in [0, 0.05) is 30.1 Å². The number of allylic oxidation sites excluding steroid dienone is 5. The second-order valence-corrected chi connectivity index (χ2v) is 4.06. The van der Waals surface area contributed by atoms with Gasteiger partial charge in [-0.05, 0) is 45.0 Å². The van der Waals surface area contributed by atoms with Crippen LogP contribution in [0.4, 0.5) is 0 Å². The van der Waals surface area contributed by atoms with Crippen LogP contribution in [0.25, 0.3) is 0 Å². The molecule has 0 aromatic rings. The molecule has 0 aliphatic carbocycles. The van der Waals surface area contributed by atoms with E-state index in [9.17, 15) is 0 Å². The van der Waals surface area contributed by atoms with Crippen LogP contribution in [0.1, 0.15) is 27.2 Å². The molecule has 1 unspecified atom stereocenters. The van der Waals surface area contributed by atoms with Crippen LogP contribution in [0.15, 0.2) is 34.7 Å². The molecule has 0 spiro atoms. The highest BCUT2D eigenvalue weighted by Gasteiger charge is 2.09. The molecule has 0 aliphatic heterocycles. The van der Waals surface area contributed by atoms with E-state index in [0.29, 0.717) is 12.1 Å². The van der Waals surface area contributed by atoms with Gasteiger partial charge in [-0.2, -0.15) is 0 Å². The Morgan fingerprint density at radius 1 is 1.41 bits per heavy atom. The Kier molecular flexibility index (Phi) is 6.98. The van der Waals surface area contributed by atoms with Gasteiger partial charge >= 0.3 is 0 Å². The largest absolute Gasteiger partial charge is 0.402 e. The van der Waals surface area contributed by atoms with Crippen molar-refractivity contribution in [3.8, 4) is 0 Å². The predicted octanol–water partition coefficient (Wildman–Crippen LogP) is 1.66. The zero-order chi connectivity index (χ0) is 13.4. The molecule has 0 amide bonds. The van der Waals surface area contributed by atoms with Gasteiger partial charge in [0.1, 0.15) is 0 Å². The van der Waals surface area contributed by atoms with Gasteiger partial charge in [0.05, 0.1) is 0 Å². The summed E-state index contributed by atoms with van der Waals surface area (Å²) in [6, 6.07) is 0.0874. The third kappa shape index (κ3) is 5.36. The normalized spacial score (nSPS) is 16.5. The lowest BCUT2D eigenvalue weighted by Gasteiger charge is -2.15. The first-order chi connectivity index (χ1) is 7.96. The summed E-state index contributed by atoms with van der Waals surface area (Å²) in [5, 5.41) is 10.4. The molecule has 4 heteroatoms. The summed E-state index contributed by atoms with van der Waals surface area (Å²) in [6.45, 7) is 5.74. The second kappa shape index (κ2) is 7.68. The Morgan fingerprint density at radius 2 is 2.00 bits per heavy atom. The van der Waals surface area contributed by atoms with Crippen LogP contribution in [-0.2, 0) is 0 Å². The van der Waals surface area contributed by atoms with Crippen molar-refractivity contribution in [2.24, 2.45) is 11.5 Å². The number of nitrogens with one attached hydrogen (secondary N) is 2. The van der Waals surface area contributed by atoms with Crippen LogP contribution in [0, 0.1) is 5.41 Å². The Balaban J connectivity index is 5.28. The molecule has 4 nitrogen and oxygen atoms in total. The van der Waals surface area contributed by atoms with Gasteiger partial charge in [-0.25, -0.2) is 0 Å². The molecule has 0 radical (unpaired) electrons. The first-order valence-corrected chi connectivity index (χ1v) is 5.71. The highest BCUT2D eigenvalue weighted by Crippen LogP contribution is 2.16. The van der Waals surface area contributed by atoms with E-state index >= 15 is 0 Å². The second-order valence-electron chi connectivity index (χ2n) is 4.06. The molecular formula is C13H24N4. The first-order valence-electron chi connectivity index (χ1n) is 5.71. The minimum absolute atomic E-state index is 0.0874. The van der Waals surface area contributed by atoms with Crippen LogP contribution in [0.5, 0.6) is 0 Å². The minimum Gasteiger partial charge on any atom is -0.402 e. The van der Waals surface area contributed by atoms with Gasteiger partial charge < -0.3 is 22.2 Å². The minimum atomic E-state index is 0.0874. The van der Waals surface area contributed by atoms with E-state index in [0.717, 1.165) is 16.8 Å². The lowest BCUT2D eigenvalue weighted by atomic mass is 10.00. The fraction of sp³-hybridized carbons (Fsp3) is 0.462. The Hall–Kier alpha value is -1.55. The van der Waals surface area contributed by atoms with Gasteiger partial charge in [-0.1, -0.05) is 6.08 Å². The standard InChI is InChI=1S/C13H24N4/c1-5-11(8-14)7-12(6-9(2)15)13(16)10(3)17-4/h5-6,8,10,14,17H,7,15-16H2,1-4H3/b9-6+,11-5-,13-12-,14-8?. The number of rotatable bonds is 6. The zero-order valence-corrected chi connectivity index (χ0v) is 11.2. The van der Waals surface area contributed by atoms with Gasteiger partial charge in [0.2, 0.25) is 0 Å². The lowest BCUT2D eigenvalue weighted by molar-refractivity contribution is 0.677. The van der Waals surface area contributed by atoms with Crippen molar-refractivity contribution in [2.45, 2.75) is 33.2 Å². The topological polar surface area (TPSA) is 87.9 Å². The summed E-state index contributed by atoms with van der Waals surface area (Å²) in [5.74, 6) is 0. The Labute approximate surface area is 104 Å². The molecule has 6 N–H and O–H groups in total. The third-order valence-corrected chi connectivity index (χ3v) is 2.62. The Morgan fingerprint density at radius 3 is 2.35 bits per heavy atom. The van der Waals surface area contributed by atoms with Crippen LogP contribution in [-0.4, -0.2) is 19.3 Å². The average molecular weight is 236 g/mol. The van der Waals surface area contributed by atoms with Crippen molar-refractivity contribution >= 4 is 6.21 Å². The zero-order valence-electron chi connectivity index (χ0n) is 11.2. The molecule has 17 heavy (non-hydrogen) atoms.